The van der Waals surface area contributed by atoms with E-state index in [2.05, 4.69) is 17.2 Å². The van der Waals surface area contributed by atoms with E-state index in [0.29, 0.717) is 0 Å². The van der Waals surface area contributed by atoms with E-state index >= 15 is 0 Å². The average Bonchev–Trinajstić information content (AvgIpc) is 2.61. The second kappa shape index (κ2) is 4.86. The minimum Gasteiger partial charge on any atom is -0.394 e. The van der Waals surface area contributed by atoms with Gasteiger partial charge in [-0.1, -0.05) is 12.2 Å². The summed E-state index contributed by atoms with van der Waals surface area (Å²) >= 11 is 4.54. The van der Waals surface area contributed by atoms with Crippen LogP contribution < -0.4 is 5.69 Å². The summed E-state index contributed by atoms with van der Waals surface area (Å²) < 4.78 is 18.7. The molecule has 0 saturated carbocycles. The molecule has 0 radical (unpaired) electrons. The highest BCUT2D eigenvalue weighted by atomic mass is 32.1. The normalized spacial score (nSPS) is 31.8. The molecule has 1 fully saturated rings. The van der Waals surface area contributed by atoms with E-state index < -0.39 is 42.7 Å². The van der Waals surface area contributed by atoms with Crippen molar-refractivity contribution in [2.45, 2.75) is 24.5 Å². The topological polar surface area (TPSA) is 108 Å². The molecule has 2 rings (SSSR count). The summed E-state index contributed by atoms with van der Waals surface area (Å²) in [7, 11) is 0. The van der Waals surface area contributed by atoms with Crippen LogP contribution in [0.2, 0.25) is 0 Å². The van der Waals surface area contributed by atoms with E-state index in [0.717, 1.165) is 10.8 Å². The Morgan fingerprint density at radius 3 is 2.72 bits per heavy atom. The predicted molar refractivity (Wildman–Crippen MR) is 58.9 cm³/mol. The van der Waals surface area contributed by atoms with Gasteiger partial charge in [0.15, 0.2) is 12.0 Å². The molecule has 18 heavy (non-hydrogen) atoms. The highest BCUT2D eigenvalue weighted by molar-refractivity contribution is 7.71. The largest absolute Gasteiger partial charge is 0.394 e. The lowest BCUT2D eigenvalue weighted by molar-refractivity contribution is -0.0554. The van der Waals surface area contributed by atoms with Crippen LogP contribution in [0.3, 0.4) is 0 Å². The Balaban J connectivity index is 2.42. The Morgan fingerprint density at radius 1 is 1.50 bits per heavy atom. The monoisotopic (exact) mass is 278 g/mol. The summed E-state index contributed by atoms with van der Waals surface area (Å²) in [5.41, 5.74) is -0.781. The SMILES string of the molecule is O=c1[nH]c(=S)c(F)cn1[C@@H]1O[C@H](CO)[C@@H](O)[C@H]1O. The average molecular weight is 278 g/mol. The van der Waals surface area contributed by atoms with Crippen molar-refractivity contribution in [2.75, 3.05) is 6.61 Å². The molecule has 1 aliphatic heterocycles. The van der Waals surface area contributed by atoms with Gasteiger partial charge < -0.3 is 20.1 Å². The van der Waals surface area contributed by atoms with Crippen LogP contribution in [0.1, 0.15) is 6.23 Å². The number of halogens is 1. The zero-order chi connectivity index (χ0) is 13.4. The number of hydrogen-bond donors (Lipinski definition) is 4. The van der Waals surface area contributed by atoms with Gasteiger partial charge in [-0.15, -0.1) is 0 Å². The van der Waals surface area contributed by atoms with Gasteiger partial charge in [0.05, 0.1) is 12.8 Å². The van der Waals surface area contributed by atoms with Crippen LogP contribution in [0.25, 0.3) is 0 Å². The Kier molecular flexibility index (Phi) is 3.59. The van der Waals surface area contributed by atoms with Crippen LogP contribution in [-0.4, -0.2) is 49.8 Å². The molecule has 0 aromatic carbocycles. The van der Waals surface area contributed by atoms with E-state index in [4.69, 9.17) is 9.84 Å². The molecule has 1 aliphatic rings. The van der Waals surface area contributed by atoms with Crippen LogP contribution in [0.5, 0.6) is 0 Å². The van der Waals surface area contributed by atoms with Crippen LogP contribution in [0.4, 0.5) is 4.39 Å². The first-order valence-corrected chi connectivity index (χ1v) is 5.50. The highest BCUT2D eigenvalue weighted by Crippen LogP contribution is 2.28. The molecule has 4 atom stereocenters. The number of aliphatic hydroxyl groups is 3. The maximum atomic E-state index is 13.3. The van der Waals surface area contributed by atoms with E-state index in [1.54, 1.807) is 0 Å². The van der Waals surface area contributed by atoms with Gasteiger partial charge in [-0.2, -0.15) is 0 Å². The van der Waals surface area contributed by atoms with Gasteiger partial charge >= 0.3 is 5.69 Å². The number of H-pyrrole nitrogens is 1. The Bertz CT molecular complexity index is 559. The molecule has 100 valence electrons. The highest BCUT2D eigenvalue weighted by Gasteiger charge is 2.43. The van der Waals surface area contributed by atoms with Crippen molar-refractivity contribution in [3.63, 3.8) is 0 Å². The van der Waals surface area contributed by atoms with E-state index in [1.165, 1.54) is 0 Å². The first-order valence-electron chi connectivity index (χ1n) is 5.09. The zero-order valence-corrected chi connectivity index (χ0v) is 9.80. The number of nitrogens with one attached hydrogen (secondary N) is 1. The smallest absolute Gasteiger partial charge is 0.328 e. The fourth-order valence-corrected chi connectivity index (χ4v) is 1.90. The van der Waals surface area contributed by atoms with Crippen molar-refractivity contribution >= 4 is 12.2 Å². The molecule has 0 unspecified atom stereocenters. The molecule has 7 nitrogen and oxygen atoms in total. The summed E-state index contributed by atoms with van der Waals surface area (Å²) in [6.45, 7) is -0.533. The summed E-state index contributed by atoms with van der Waals surface area (Å²) in [6.07, 6.45) is -4.36. The maximum absolute atomic E-state index is 13.3. The molecule has 9 heteroatoms. The summed E-state index contributed by atoms with van der Waals surface area (Å²) in [6, 6.07) is 0. The molecule has 0 spiro atoms. The molecule has 1 saturated heterocycles. The van der Waals surface area contributed by atoms with Gasteiger partial charge in [-0.05, 0) is 0 Å². The van der Waals surface area contributed by atoms with E-state index in [1.807, 2.05) is 0 Å². The van der Waals surface area contributed by atoms with E-state index in [9.17, 15) is 19.4 Å². The van der Waals surface area contributed by atoms with Gasteiger partial charge in [0, 0.05) is 0 Å². The third-order valence-electron chi connectivity index (χ3n) is 2.72. The maximum Gasteiger partial charge on any atom is 0.328 e. The lowest BCUT2D eigenvalue weighted by Gasteiger charge is -2.17. The predicted octanol–water partition coefficient (Wildman–Crippen LogP) is -1.34. The second-order valence-corrected chi connectivity index (χ2v) is 4.28. The Hall–Kier alpha value is -1.13. The van der Waals surface area contributed by atoms with Gasteiger partial charge in [0.2, 0.25) is 0 Å². The molecule has 2 heterocycles. The summed E-state index contributed by atoms with van der Waals surface area (Å²) in [5.74, 6) is -0.859. The van der Waals surface area contributed by atoms with Crippen molar-refractivity contribution in [3.8, 4) is 0 Å². The molecular formula is C9H11FN2O5S. The van der Waals surface area contributed by atoms with Gasteiger partial charge in [0.1, 0.15) is 23.0 Å². The number of aromatic amines is 1. The van der Waals surface area contributed by atoms with E-state index in [-0.39, 0.29) is 4.64 Å². The Labute approximate surface area is 105 Å². The molecule has 1 aromatic rings. The number of rotatable bonds is 2. The second-order valence-electron chi connectivity index (χ2n) is 3.87. The van der Waals surface area contributed by atoms with Crippen LogP contribution in [0, 0.1) is 10.5 Å². The third kappa shape index (κ3) is 2.10. The quantitative estimate of drug-likeness (QED) is 0.499. The minimum absolute atomic E-state index is 0.358. The number of ether oxygens (including phenoxy) is 1. The van der Waals surface area contributed by atoms with Crippen molar-refractivity contribution in [1.82, 2.24) is 9.55 Å². The van der Waals surface area contributed by atoms with Gasteiger partial charge in [0.25, 0.3) is 0 Å². The lowest BCUT2D eigenvalue weighted by atomic mass is 10.1. The summed E-state index contributed by atoms with van der Waals surface area (Å²) in [4.78, 5) is 13.6. The number of hydrogen-bond acceptors (Lipinski definition) is 6. The fourth-order valence-electron chi connectivity index (χ4n) is 1.76. The standard InChI is InChI=1S/C9H11FN2O5S/c10-3-1-12(9(16)11-7(3)18)8-6(15)5(14)4(2-13)17-8/h1,4-6,8,13-15H,2H2,(H,11,16,18)/t4-,5-,6-,8-/m1/s1. The fraction of sp³-hybridized carbons (Fsp3) is 0.556. The lowest BCUT2D eigenvalue weighted by Crippen LogP contribution is -2.36. The molecule has 0 aliphatic carbocycles. The molecule has 0 amide bonds. The minimum atomic E-state index is -1.45. The van der Waals surface area contributed by atoms with Crippen molar-refractivity contribution in [2.24, 2.45) is 0 Å². The van der Waals surface area contributed by atoms with Gasteiger partial charge in [-0.25, -0.2) is 9.18 Å². The first-order chi connectivity index (χ1) is 8.45. The van der Waals surface area contributed by atoms with Crippen molar-refractivity contribution in [1.29, 1.82) is 0 Å². The first kappa shape index (κ1) is 13.3. The molecule has 4 N–H and O–H groups in total. The molecule has 1 aromatic heterocycles. The Morgan fingerprint density at radius 2 is 2.17 bits per heavy atom. The van der Waals surface area contributed by atoms with Crippen LogP contribution in [-0.2, 0) is 4.74 Å². The van der Waals surface area contributed by atoms with Crippen molar-refractivity contribution in [3.05, 3.63) is 27.1 Å². The molecular weight excluding hydrogens is 267 g/mol. The van der Waals surface area contributed by atoms with Crippen LogP contribution in [0.15, 0.2) is 11.0 Å². The number of aromatic nitrogens is 2. The number of nitrogens with zero attached hydrogens (tertiary/aromatic N) is 1. The van der Waals surface area contributed by atoms with Crippen LogP contribution >= 0.6 is 12.2 Å². The zero-order valence-electron chi connectivity index (χ0n) is 8.99. The third-order valence-corrected chi connectivity index (χ3v) is 3.01. The number of aliphatic hydroxyl groups excluding tert-OH is 3. The van der Waals surface area contributed by atoms with Crippen molar-refractivity contribution < 1.29 is 24.4 Å². The van der Waals surface area contributed by atoms with Gasteiger partial charge in [-0.3, -0.25) is 9.55 Å². The molecule has 0 bridgehead atoms. The summed E-state index contributed by atoms with van der Waals surface area (Å²) in [5, 5.41) is 28.1.